The molecule has 1 aromatic rings. The lowest BCUT2D eigenvalue weighted by Gasteiger charge is -2.21. The minimum Gasteiger partial charge on any atom is -0.166 e. The maximum Gasteiger partial charge on any atom is 0.417 e. The van der Waals surface area contributed by atoms with E-state index in [1.807, 2.05) is 20.8 Å². The predicted octanol–water partition coefficient (Wildman–Crippen LogP) is 4.77. The van der Waals surface area contributed by atoms with Gasteiger partial charge >= 0.3 is 6.18 Å². The van der Waals surface area contributed by atoms with Gasteiger partial charge in [-0.3, -0.25) is 0 Å². The molecular weight excluding hydrogens is 269 g/mol. The Morgan fingerprint density at radius 1 is 1.07 bits per heavy atom. The number of halogens is 4. The van der Waals surface area contributed by atoms with E-state index < -0.39 is 11.7 Å². The van der Waals surface area contributed by atoms with E-state index in [2.05, 4.69) is 15.9 Å². The Labute approximate surface area is 95.6 Å². The fourth-order valence-electron chi connectivity index (χ4n) is 1.21. The Kier molecular flexibility index (Phi) is 3.19. The van der Waals surface area contributed by atoms with E-state index in [1.165, 1.54) is 12.1 Å². The molecule has 0 fully saturated rings. The summed E-state index contributed by atoms with van der Waals surface area (Å²) in [5.41, 5.74) is -0.214. The molecule has 0 bridgehead atoms. The van der Waals surface area contributed by atoms with E-state index in [9.17, 15) is 13.2 Å². The van der Waals surface area contributed by atoms with Crippen molar-refractivity contribution in [1.82, 2.24) is 0 Å². The smallest absolute Gasteiger partial charge is 0.166 e. The average molecular weight is 281 g/mol. The fraction of sp³-hybridized carbons (Fsp3) is 0.455. The minimum atomic E-state index is -4.31. The van der Waals surface area contributed by atoms with Crippen LogP contribution in [0.3, 0.4) is 0 Å². The summed E-state index contributed by atoms with van der Waals surface area (Å²) in [5.74, 6) is 0. The monoisotopic (exact) mass is 280 g/mol. The van der Waals surface area contributed by atoms with Gasteiger partial charge in [0.15, 0.2) is 0 Å². The molecule has 0 nitrogen and oxygen atoms in total. The molecule has 0 aliphatic rings. The summed E-state index contributed by atoms with van der Waals surface area (Å²) in [6.07, 6.45) is -4.31. The molecule has 4 heteroatoms. The van der Waals surface area contributed by atoms with Crippen LogP contribution < -0.4 is 0 Å². The van der Waals surface area contributed by atoms with E-state index in [-0.39, 0.29) is 9.89 Å². The van der Waals surface area contributed by atoms with Crippen molar-refractivity contribution in [3.05, 3.63) is 33.8 Å². The Bertz CT molecular complexity index is 361. The van der Waals surface area contributed by atoms with Gasteiger partial charge in [-0.25, -0.2) is 0 Å². The zero-order valence-electron chi connectivity index (χ0n) is 8.74. The molecule has 15 heavy (non-hydrogen) atoms. The van der Waals surface area contributed by atoms with Gasteiger partial charge in [0.05, 0.1) is 5.56 Å². The lowest BCUT2D eigenvalue weighted by Crippen LogP contribution is -2.14. The molecule has 0 atom stereocenters. The van der Waals surface area contributed by atoms with Crippen LogP contribution in [-0.4, -0.2) is 0 Å². The van der Waals surface area contributed by atoms with Gasteiger partial charge in [-0.2, -0.15) is 13.2 Å². The van der Waals surface area contributed by atoms with Gasteiger partial charge in [-0.15, -0.1) is 0 Å². The van der Waals surface area contributed by atoms with Crippen LogP contribution in [0.4, 0.5) is 13.2 Å². The van der Waals surface area contributed by atoms with Crippen molar-refractivity contribution in [3.8, 4) is 0 Å². The number of alkyl halides is 3. The number of hydrogen-bond acceptors (Lipinski definition) is 0. The van der Waals surface area contributed by atoms with E-state index in [0.29, 0.717) is 5.56 Å². The van der Waals surface area contributed by atoms with E-state index >= 15 is 0 Å². The van der Waals surface area contributed by atoms with Gasteiger partial charge in [0.1, 0.15) is 0 Å². The first-order valence-corrected chi connectivity index (χ1v) is 5.29. The first-order valence-electron chi connectivity index (χ1n) is 4.49. The number of rotatable bonds is 0. The van der Waals surface area contributed by atoms with E-state index in [1.54, 1.807) is 6.07 Å². The van der Waals surface area contributed by atoms with Crippen LogP contribution in [0.25, 0.3) is 0 Å². The fourth-order valence-corrected chi connectivity index (χ4v) is 1.68. The molecule has 0 amide bonds. The Morgan fingerprint density at radius 2 is 1.60 bits per heavy atom. The van der Waals surface area contributed by atoms with E-state index in [4.69, 9.17) is 0 Å². The van der Waals surface area contributed by atoms with Crippen molar-refractivity contribution >= 4 is 15.9 Å². The quantitative estimate of drug-likeness (QED) is 0.642. The zero-order chi connectivity index (χ0) is 11.9. The lowest BCUT2D eigenvalue weighted by atomic mass is 9.86. The standard InChI is InChI=1S/C11H12BrF3/c1-10(2,3)7-4-5-9(12)8(6-7)11(13,14)15/h4-6H,1-3H3. The molecule has 0 aromatic heterocycles. The van der Waals surface area contributed by atoms with Crippen LogP contribution >= 0.6 is 15.9 Å². The molecule has 0 spiro atoms. The van der Waals surface area contributed by atoms with Gasteiger partial charge in [-0.05, 0) is 23.1 Å². The maximum atomic E-state index is 12.6. The molecule has 0 unspecified atom stereocenters. The molecule has 0 aliphatic carbocycles. The molecule has 1 aromatic carbocycles. The summed E-state index contributed by atoms with van der Waals surface area (Å²) < 4.78 is 37.8. The lowest BCUT2D eigenvalue weighted by molar-refractivity contribution is -0.138. The summed E-state index contributed by atoms with van der Waals surface area (Å²) in [5, 5.41) is 0. The van der Waals surface area contributed by atoms with Crippen molar-refractivity contribution in [3.63, 3.8) is 0 Å². The highest BCUT2D eigenvalue weighted by atomic mass is 79.9. The second-order valence-corrected chi connectivity index (χ2v) is 5.30. The molecule has 0 aliphatic heterocycles. The first-order chi connectivity index (χ1) is 6.62. The van der Waals surface area contributed by atoms with Crippen molar-refractivity contribution in [1.29, 1.82) is 0 Å². The molecule has 0 N–H and O–H groups in total. The largest absolute Gasteiger partial charge is 0.417 e. The van der Waals surface area contributed by atoms with Crippen molar-refractivity contribution in [2.75, 3.05) is 0 Å². The normalized spacial score (nSPS) is 13.0. The van der Waals surface area contributed by atoms with Crippen LogP contribution in [0, 0.1) is 0 Å². The third-order valence-electron chi connectivity index (χ3n) is 2.14. The Balaban J connectivity index is 3.30. The third kappa shape index (κ3) is 2.97. The molecule has 0 radical (unpaired) electrons. The van der Waals surface area contributed by atoms with Crippen LogP contribution in [-0.2, 0) is 11.6 Å². The molecule has 0 saturated carbocycles. The predicted molar refractivity (Wildman–Crippen MR) is 57.8 cm³/mol. The van der Waals surface area contributed by atoms with Crippen LogP contribution in [0.1, 0.15) is 31.9 Å². The van der Waals surface area contributed by atoms with Crippen molar-refractivity contribution < 1.29 is 13.2 Å². The van der Waals surface area contributed by atoms with Gasteiger partial charge in [0.25, 0.3) is 0 Å². The van der Waals surface area contributed by atoms with Gasteiger partial charge in [0, 0.05) is 4.47 Å². The average Bonchev–Trinajstić information content (AvgIpc) is 2.00. The summed E-state index contributed by atoms with van der Waals surface area (Å²) >= 11 is 2.91. The Hall–Kier alpha value is -0.510. The van der Waals surface area contributed by atoms with E-state index in [0.717, 1.165) is 0 Å². The highest BCUT2D eigenvalue weighted by molar-refractivity contribution is 9.10. The first kappa shape index (κ1) is 12.6. The second kappa shape index (κ2) is 3.81. The van der Waals surface area contributed by atoms with Gasteiger partial charge < -0.3 is 0 Å². The number of benzene rings is 1. The maximum absolute atomic E-state index is 12.6. The minimum absolute atomic E-state index is 0.0861. The third-order valence-corrected chi connectivity index (χ3v) is 2.83. The molecule has 0 saturated heterocycles. The molecule has 84 valence electrons. The summed E-state index contributed by atoms with van der Waals surface area (Å²) in [7, 11) is 0. The molecular formula is C11H12BrF3. The van der Waals surface area contributed by atoms with Crippen molar-refractivity contribution in [2.24, 2.45) is 0 Å². The van der Waals surface area contributed by atoms with Crippen LogP contribution in [0.2, 0.25) is 0 Å². The molecule has 0 heterocycles. The highest BCUT2D eigenvalue weighted by Crippen LogP contribution is 2.37. The molecule has 1 rings (SSSR count). The second-order valence-electron chi connectivity index (χ2n) is 4.44. The highest BCUT2D eigenvalue weighted by Gasteiger charge is 2.33. The number of hydrogen-bond donors (Lipinski definition) is 0. The summed E-state index contributed by atoms with van der Waals surface area (Å²) in [6, 6.07) is 4.35. The van der Waals surface area contributed by atoms with Crippen LogP contribution in [0.15, 0.2) is 22.7 Å². The van der Waals surface area contributed by atoms with Gasteiger partial charge in [-0.1, -0.05) is 42.8 Å². The Morgan fingerprint density at radius 3 is 2.00 bits per heavy atom. The van der Waals surface area contributed by atoms with Gasteiger partial charge in [0.2, 0.25) is 0 Å². The summed E-state index contributed by atoms with van der Waals surface area (Å²) in [6.45, 7) is 5.66. The summed E-state index contributed by atoms with van der Waals surface area (Å²) in [4.78, 5) is 0. The van der Waals surface area contributed by atoms with Crippen LogP contribution in [0.5, 0.6) is 0 Å². The topological polar surface area (TPSA) is 0 Å². The van der Waals surface area contributed by atoms with Crippen molar-refractivity contribution in [2.45, 2.75) is 32.4 Å². The SMILES string of the molecule is CC(C)(C)c1ccc(Br)c(C(F)(F)F)c1. The zero-order valence-corrected chi connectivity index (χ0v) is 10.3.